The molecule has 112 valence electrons. The van der Waals surface area contributed by atoms with Crippen LogP contribution in [0.2, 0.25) is 0 Å². The van der Waals surface area contributed by atoms with E-state index in [1.165, 1.54) is 0 Å². The number of carbonyl (C=O) groups excluding carboxylic acids is 1. The molecule has 0 bridgehead atoms. The molecule has 1 aromatic rings. The third-order valence-corrected chi connectivity index (χ3v) is 4.78. The lowest BCUT2D eigenvalue weighted by Crippen LogP contribution is -2.56. The largest absolute Gasteiger partial charge is 0.358 e. The van der Waals surface area contributed by atoms with E-state index in [4.69, 9.17) is 4.98 Å². The molecule has 0 saturated carbocycles. The molecule has 1 aliphatic rings. The Bertz CT molecular complexity index is 466. The van der Waals surface area contributed by atoms with Gasteiger partial charge in [-0.15, -0.1) is 11.3 Å². The third kappa shape index (κ3) is 3.56. The van der Waals surface area contributed by atoms with E-state index in [1.54, 1.807) is 18.4 Å². The van der Waals surface area contributed by atoms with Crippen molar-refractivity contribution in [2.75, 3.05) is 26.7 Å². The van der Waals surface area contributed by atoms with Crippen molar-refractivity contribution < 1.29 is 4.79 Å². The molecule has 0 radical (unpaired) electrons. The molecule has 6 heteroatoms. The maximum absolute atomic E-state index is 11.9. The molecule has 1 atom stereocenters. The highest BCUT2D eigenvalue weighted by atomic mass is 32.1. The summed E-state index contributed by atoms with van der Waals surface area (Å²) in [5, 5.41) is 9.28. The Hall–Kier alpha value is -0.980. The van der Waals surface area contributed by atoms with Crippen molar-refractivity contribution in [1.29, 1.82) is 0 Å². The zero-order valence-corrected chi connectivity index (χ0v) is 13.5. The molecule has 2 N–H and O–H groups in total. The van der Waals surface area contributed by atoms with Gasteiger partial charge in [-0.25, -0.2) is 4.98 Å². The molecule has 1 amide bonds. The number of piperazine rings is 1. The lowest BCUT2D eigenvalue weighted by molar-refractivity contribution is -0.126. The highest BCUT2D eigenvalue weighted by Gasteiger charge is 2.28. The molecule has 0 aromatic carbocycles. The number of hydrogen-bond acceptors (Lipinski definition) is 5. The number of nitrogens with zero attached hydrogens (tertiary/aromatic N) is 2. The molecule has 1 aliphatic heterocycles. The second kappa shape index (κ2) is 6.20. The molecule has 1 saturated heterocycles. The van der Waals surface area contributed by atoms with E-state index in [0.717, 1.165) is 30.3 Å². The van der Waals surface area contributed by atoms with Gasteiger partial charge in [0.2, 0.25) is 5.91 Å². The van der Waals surface area contributed by atoms with Crippen LogP contribution in [0.25, 0.3) is 0 Å². The third-order valence-electron chi connectivity index (χ3n) is 3.46. The second-order valence-electron chi connectivity index (χ2n) is 6.20. The van der Waals surface area contributed by atoms with Crippen molar-refractivity contribution in [1.82, 2.24) is 20.5 Å². The summed E-state index contributed by atoms with van der Waals surface area (Å²) in [6.07, 6.45) is 0. The van der Waals surface area contributed by atoms with Gasteiger partial charge in [-0.05, 0) is 0 Å². The number of rotatable bonds is 3. The fourth-order valence-corrected chi connectivity index (χ4v) is 3.19. The van der Waals surface area contributed by atoms with Gasteiger partial charge in [0, 0.05) is 44.0 Å². The monoisotopic (exact) mass is 296 g/mol. The number of carbonyl (C=O) groups is 1. The molecule has 1 aromatic heterocycles. The van der Waals surface area contributed by atoms with Crippen LogP contribution in [-0.4, -0.2) is 48.5 Å². The molecule has 1 unspecified atom stereocenters. The first kappa shape index (κ1) is 15.4. The number of likely N-dealkylation sites (N-methyl/N-ethyl adjacent to an activating group) is 1. The first-order valence-electron chi connectivity index (χ1n) is 7.03. The molecule has 0 spiro atoms. The van der Waals surface area contributed by atoms with Gasteiger partial charge in [0.15, 0.2) is 0 Å². The van der Waals surface area contributed by atoms with E-state index >= 15 is 0 Å². The zero-order valence-electron chi connectivity index (χ0n) is 12.7. The number of thiazole rings is 1. The summed E-state index contributed by atoms with van der Waals surface area (Å²) in [6, 6.07) is -0.103. The highest BCUT2D eigenvalue weighted by molar-refractivity contribution is 7.09. The van der Waals surface area contributed by atoms with Crippen LogP contribution in [0.15, 0.2) is 5.38 Å². The van der Waals surface area contributed by atoms with Gasteiger partial charge < -0.3 is 10.6 Å². The summed E-state index contributed by atoms with van der Waals surface area (Å²) in [4.78, 5) is 18.8. The summed E-state index contributed by atoms with van der Waals surface area (Å²) in [5.74, 6) is 0.0727. The summed E-state index contributed by atoms with van der Waals surface area (Å²) >= 11 is 1.71. The topological polar surface area (TPSA) is 57.3 Å². The Morgan fingerprint density at radius 2 is 2.35 bits per heavy atom. The van der Waals surface area contributed by atoms with Crippen molar-refractivity contribution in [2.24, 2.45) is 0 Å². The number of hydrogen-bond donors (Lipinski definition) is 2. The van der Waals surface area contributed by atoms with E-state index in [2.05, 4.69) is 41.7 Å². The molecule has 1 fully saturated rings. The molecule has 20 heavy (non-hydrogen) atoms. The van der Waals surface area contributed by atoms with Crippen molar-refractivity contribution in [2.45, 2.75) is 38.8 Å². The quantitative estimate of drug-likeness (QED) is 0.872. The molecule has 5 nitrogen and oxygen atoms in total. The lowest BCUT2D eigenvalue weighted by Gasteiger charge is -2.34. The van der Waals surface area contributed by atoms with E-state index in [9.17, 15) is 4.79 Å². The van der Waals surface area contributed by atoms with Gasteiger partial charge in [-0.3, -0.25) is 9.69 Å². The number of aromatic nitrogens is 1. The Kier molecular flexibility index (Phi) is 4.78. The maximum Gasteiger partial charge on any atom is 0.238 e. The van der Waals surface area contributed by atoms with Crippen LogP contribution in [-0.2, 0) is 16.8 Å². The Morgan fingerprint density at radius 3 is 2.95 bits per heavy atom. The molecule has 2 rings (SSSR count). The van der Waals surface area contributed by atoms with E-state index in [-0.39, 0.29) is 17.4 Å². The van der Waals surface area contributed by atoms with Crippen LogP contribution in [0.5, 0.6) is 0 Å². The van der Waals surface area contributed by atoms with Crippen LogP contribution >= 0.6 is 11.3 Å². The van der Waals surface area contributed by atoms with Crippen molar-refractivity contribution in [3.63, 3.8) is 0 Å². The minimum Gasteiger partial charge on any atom is -0.358 e. The predicted molar refractivity (Wildman–Crippen MR) is 81.9 cm³/mol. The fourth-order valence-electron chi connectivity index (χ4n) is 2.29. The SMILES string of the molecule is CNC(=O)C1CNCCN1Cc1csc(C(C)(C)C)n1. The first-order valence-corrected chi connectivity index (χ1v) is 7.91. The van der Waals surface area contributed by atoms with Gasteiger partial charge >= 0.3 is 0 Å². The Balaban J connectivity index is 2.07. The van der Waals surface area contributed by atoms with Crippen LogP contribution in [0.3, 0.4) is 0 Å². The van der Waals surface area contributed by atoms with E-state index < -0.39 is 0 Å². The minimum atomic E-state index is -0.103. The Labute approximate surface area is 124 Å². The van der Waals surface area contributed by atoms with Gasteiger partial charge in [-0.1, -0.05) is 20.8 Å². The van der Waals surface area contributed by atoms with E-state index in [1.807, 2.05) is 0 Å². The van der Waals surface area contributed by atoms with Crippen molar-refractivity contribution >= 4 is 17.2 Å². The van der Waals surface area contributed by atoms with Crippen molar-refractivity contribution in [3.8, 4) is 0 Å². The minimum absolute atomic E-state index is 0.0727. The number of amides is 1. The lowest BCUT2D eigenvalue weighted by atomic mass is 9.98. The standard InChI is InChI=1S/C14H24N4OS/c1-14(2,3)13-17-10(9-20-13)8-18-6-5-16-7-11(18)12(19)15-4/h9,11,16H,5-8H2,1-4H3,(H,15,19). The van der Waals surface area contributed by atoms with Crippen molar-refractivity contribution in [3.05, 3.63) is 16.1 Å². The number of nitrogens with one attached hydrogen (secondary N) is 2. The second-order valence-corrected chi connectivity index (χ2v) is 7.06. The molecule has 2 heterocycles. The van der Waals surface area contributed by atoms with Crippen LogP contribution in [0.1, 0.15) is 31.5 Å². The predicted octanol–water partition coefficient (Wildman–Crippen LogP) is 0.960. The normalized spacial score (nSPS) is 20.9. The summed E-state index contributed by atoms with van der Waals surface area (Å²) < 4.78 is 0. The van der Waals surface area contributed by atoms with Crippen LogP contribution in [0.4, 0.5) is 0 Å². The van der Waals surface area contributed by atoms with Crippen LogP contribution in [0, 0.1) is 0 Å². The maximum atomic E-state index is 11.9. The summed E-state index contributed by atoms with van der Waals surface area (Å²) in [5.41, 5.74) is 1.16. The fraction of sp³-hybridized carbons (Fsp3) is 0.714. The average Bonchev–Trinajstić information content (AvgIpc) is 2.87. The molecular formula is C14H24N4OS. The van der Waals surface area contributed by atoms with Gasteiger partial charge in [0.25, 0.3) is 0 Å². The molecular weight excluding hydrogens is 272 g/mol. The van der Waals surface area contributed by atoms with Gasteiger partial charge in [0.1, 0.15) is 6.04 Å². The summed E-state index contributed by atoms with van der Waals surface area (Å²) in [6.45, 7) is 9.77. The van der Waals surface area contributed by atoms with Crippen LogP contribution < -0.4 is 10.6 Å². The summed E-state index contributed by atoms with van der Waals surface area (Å²) in [7, 11) is 1.69. The van der Waals surface area contributed by atoms with E-state index in [0.29, 0.717) is 6.54 Å². The average molecular weight is 296 g/mol. The zero-order chi connectivity index (χ0) is 14.8. The van der Waals surface area contributed by atoms with Gasteiger partial charge in [0.05, 0.1) is 10.7 Å². The van der Waals surface area contributed by atoms with Gasteiger partial charge in [-0.2, -0.15) is 0 Å². The smallest absolute Gasteiger partial charge is 0.238 e. The Morgan fingerprint density at radius 1 is 1.60 bits per heavy atom. The molecule has 0 aliphatic carbocycles. The highest BCUT2D eigenvalue weighted by Crippen LogP contribution is 2.26. The first-order chi connectivity index (χ1) is 9.41.